The summed E-state index contributed by atoms with van der Waals surface area (Å²) in [6.07, 6.45) is -0.00329. The molecule has 1 aromatic rings. The van der Waals surface area contributed by atoms with E-state index in [1.165, 1.54) is 18.2 Å². The van der Waals surface area contributed by atoms with Crippen molar-refractivity contribution in [3.8, 4) is 0 Å². The molecule has 0 aliphatic heterocycles. The molecule has 6 nitrogen and oxygen atoms in total. The number of hydrogen-bond acceptors (Lipinski definition) is 4. The molecule has 0 atom stereocenters. The van der Waals surface area contributed by atoms with Crippen LogP contribution in [0.3, 0.4) is 0 Å². The second-order valence-corrected chi connectivity index (χ2v) is 3.04. The fraction of sp³-hybridized carbons (Fsp3) is 0.222. The van der Waals surface area contributed by atoms with Crippen LogP contribution in [0.25, 0.3) is 0 Å². The van der Waals surface area contributed by atoms with Crippen molar-refractivity contribution in [2.75, 3.05) is 5.73 Å². The first-order chi connectivity index (χ1) is 7.00. The summed E-state index contributed by atoms with van der Waals surface area (Å²) in [6, 6.07) is 4.23. The van der Waals surface area contributed by atoms with Crippen molar-refractivity contribution >= 4 is 17.3 Å². The van der Waals surface area contributed by atoms with Crippen LogP contribution < -0.4 is 5.73 Å². The van der Waals surface area contributed by atoms with Crippen molar-refractivity contribution in [1.82, 2.24) is 0 Å². The Balaban J connectivity index is 2.95. The Morgan fingerprint density at radius 2 is 2.20 bits per heavy atom. The molecule has 0 saturated heterocycles. The standard InChI is InChI=1S/C9H10N2O4/c10-7-3-1-6(2-4-9(12)13)8(5-7)11(14)15/h1,3,5H,2,4,10H2,(H,12,13). The molecular weight excluding hydrogens is 200 g/mol. The first-order valence-electron chi connectivity index (χ1n) is 4.25. The van der Waals surface area contributed by atoms with Gasteiger partial charge in [-0.3, -0.25) is 14.9 Å². The molecule has 1 aromatic carbocycles. The molecule has 0 spiro atoms. The summed E-state index contributed by atoms with van der Waals surface area (Å²) >= 11 is 0. The number of nitrogens with two attached hydrogens (primary N) is 1. The fourth-order valence-corrected chi connectivity index (χ4v) is 1.20. The highest BCUT2D eigenvalue weighted by Crippen LogP contribution is 2.22. The minimum Gasteiger partial charge on any atom is -0.481 e. The highest BCUT2D eigenvalue weighted by Gasteiger charge is 2.14. The highest BCUT2D eigenvalue weighted by molar-refractivity contribution is 5.67. The third-order valence-electron chi connectivity index (χ3n) is 1.91. The largest absolute Gasteiger partial charge is 0.481 e. The molecule has 0 radical (unpaired) electrons. The van der Waals surface area contributed by atoms with Crippen LogP contribution in [0.4, 0.5) is 11.4 Å². The molecule has 0 heterocycles. The Bertz CT molecular complexity index is 403. The SMILES string of the molecule is Nc1ccc(CCC(=O)O)c([N+](=O)[O-])c1. The molecule has 15 heavy (non-hydrogen) atoms. The van der Waals surface area contributed by atoms with Crippen molar-refractivity contribution in [3.63, 3.8) is 0 Å². The van der Waals surface area contributed by atoms with Crippen molar-refractivity contribution in [2.45, 2.75) is 12.8 Å². The lowest BCUT2D eigenvalue weighted by atomic mass is 10.1. The van der Waals surface area contributed by atoms with Gasteiger partial charge in [-0.15, -0.1) is 0 Å². The maximum atomic E-state index is 10.6. The molecule has 0 aromatic heterocycles. The lowest BCUT2D eigenvalue weighted by Crippen LogP contribution is -2.01. The van der Waals surface area contributed by atoms with Crippen molar-refractivity contribution < 1.29 is 14.8 Å². The average molecular weight is 210 g/mol. The number of benzene rings is 1. The second-order valence-electron chi connectivity index (χ2n) is 3.04. The summed E-state index contributed by atoms with van der Waals surface area (Å²) in [5.41, 5.74) is 5.95. The molecule has 0 unspecified atom stereocenters. The predicted molar refractivity (Wildman–Crippen MR) is 53.5 cm³/mol. The van der Waals surface area contributed by atoms with Gasteiger partial charge in [0.25, 0.3) is 5.69 Å². The number of nitro benzene ring substituents is 1. The van der Waals surface area contributed by atoms with Gasteiger partial charge in [0.05, 0.1) is 4.92 Å². The maximum Gasteiger partial charge on any atom is 0.303 e. The van der Waals surface area contributed by atoms with Gasteiger partial charge < -0.3 is 10.8 Å². The van der Waals surface area contributed by atoms with Crippen molar-refractivity contribution in [1.29, 1.82) is 0 Å². The van der Waals surface area contributed by atoms with Gasteiger partial charge in [0, 0.05) is 23.7 Å². The van der Waals surface area contributed by atoms with E-state index in [1.807, 2.05) is 0 Å². The minimum absolute atomic E-state index is 0.128. The van der Waals surface area contributed by atoms with Crippen LogP contribution in [-0.4, -0.2) is 16.0 Å². The van der Waals surface area contributed by atoms with Crippen LogP contribution in [0, 0.1) is 10.1 Å². The number of aliphatic carboxylic acids is 1. The van der Waals surface area contributed by atoms with Crippen molar-refractivity contribution in [2.24, 2.45) is 0 Å². The summed E-state index contributed by atoms with van der Waals surface area (Å²) in [7, 11) is 0. The van der Waals surface area contributed by atoms with E-state index in [1.54, 1.807) is 0 Å². The van der Waals surface area contributed by atoms with Crippen LogP contribution in [0.5, 0.6) is 0 Å². The van der Waals surface area contributed by atoms with Crippen LogP contribution in [0.2, 0.25) is 0 Å². The molecule has 0 fully saturated rings. The number of aryl methyl sites for hydroxylation is 1. The van der Waals surface area contributed by atoms with Gasteiger partial charge in [-0.05, 0) is 12.5 Å². The van der Waals surface area contributed by atoms with Gasteiger partial charge in [-0.2, -0.15) is 0 Å². The summed E-state index contributed by atoms with van der Waals surface area (Å²) < 4.78 is 0. The molecular formula is C9H10N2O4. The first-order valence-corrected chi connectivity index (χ1v) is 4.25. The number of nitro groups is 1. The van der Waals surface area contributed by atoms with Crippen molar-refractivity contribution in [3.05, 3.63) is 33.9 Å². The zero-order valence-electron chi connectivity index (χ0n) is 7.84. The number of rotatable bonds is 4. The molecule has 0 bridgehead atoms. The molecule has 3 N–H and O–H groups in total. The summed E-state index contributed by atoms with van der Waals surface area (Å²) in [5.74, 6) is -0.985. The Kier molecular flexibility index (Phi) is 3.22. The third kappa shape index (κ3) is 2.94. The molecule has 0 aliphatic carbocycles. The molecule has 1 rings (SSSR count). The van der Waals surface area contributed by atoms with E-state index in [0.29, 0.717) is 11.3 Å². The number of carboxylic acids is 1. The predicted octanol–water partition coefficient (Wildman–Crippen LogP) is 1.19. The van der Waals surface area contributed by atoms with Crippen LogP contribution in [-0.2, 0) is 11.2 Å². The average Bonchev–Trinajstić information content (AvgIpc) is 2.15. The van der Waals surface area contributed by atoms with Gasteiger partial charge >= 0.3 is 5.97 Å². The number of nitrogens with zero attached hydrogens (tertiary/aromatic N) is 1. The summed E-state index contributed by atoms with van der Waals surface area (Å²) in [4.78, 5) is 20.4. The Morgan fingerprint density at radius 1 is 1.53 bits per heavy atom. The quantitative estimate of drug-likeness (QED) is 0.441. The lowest BCUT2D eigenvalue weighted by molar-refractivity contribution is -0.385. The van der Waals surface area contributed by atoms with Crippen LogP contribution >= 0.6 is 0 Å². The Morgan fingerprint density at radius 3 is 2.73 bits per heavy atom. The summed E-state index contributed by atoms with van der Waals surface area (Å²) in [5, 5.41) is 19.1. The van der Waals surface area contributed by atoms with Gasteiger partial charge in [0.15, 0.2) is 0 Å². The van der Waals surface area contributed by atoms with Gasteiger partial charge in [0.2, 0.25) is 0 Å². The zero-order chi connectivity index (χ0) is 11.4. The van der Waals surface area contributed by atoms with Crippen LogP contribution in [0.15, 0.2) is 18.2 Å². The normalized spacial score (nSPS) is 9.87. The second kappa shape index (κ2) is 4.41. The summed E-state index contributed by atoms with van der Waals surface area (Å²) in [6.45, 7) is 0. The van der Waals surface area contributed by atoms with E-state index < -0.39 is 10.9 Å². The smallest absolute Gasteiger partial charge is 0.303 e. The monoisotopic (exact) mass is 210 g/mol. The number of carboxylic acid groups (broad SMARTS) is 1. The van der Waals surface area contributed by atoms with Gasteiger partial charge in [-0.1, -0.05) is 6.07 Å². The molecule has 6 heteroatoms. The van der Waals surface area contributed by atoms with E-state index in [4.69, 9.17) is 10.8 Å². The number of hydrogen-bond donors (Lipinski definition) is 2. The van der Waals surface area contributed by atoms with Crippen LogP contribution in [0.1, 0.15) is 12.0 Å². The topological polar surface area (TPSA) is 106 Å². The fourth-order valence-electron chi connectivity index (χ4n) is 1.20. The Labute approximate surface area is 85.5 Å². The molecule has 80 valence electrons. The lowest BCUT2D eigenvalue weighted by Gasteiger charge is -2.01. The molecule has 0 amide bonds. The van der Waals surface area contributed by atoms with E-state index in [9.17, 15) is 14.9 Å². The molecule has 0 aliphatic rings. The number of carbonyl (C=O) groups is 1. The zero-order valence-corrected chi connectivity index (χ0v) is 7.84. The van der Waals surface area contributed by atoms with E-state index in [-0.39, 0.29) is 18.5 Å². The first kappa shape index (κ1) is 11.0. The van der Waals surface area contributed by atoms with E-state index in [0.717, 1.165) is 0 Å². The number of anilines is 1. The van der Waals surface area contributed by atoms with Gasteiger partial charge in [-0.25, -0.2) is 0 Å². The Hall–Kier alpha value is -2.11. The van der Waals surface area contributed by atoms with E-state index in [2.05, 4.69) is 0 Å². The maximum absolute atomic E-state index is 10.6. The molecule has 0 saturated carbocycles. The number of nitrogen functional groups attached to an aromatic ring is 1. The highest BCUT2D eigenvalue weighted by atomic mass is 16.6. The minimum atomic E-state index is -0.985. The van der Waals surface area contributed by atoms with Gasteiger partial charge in [0.1, 0.15) is 0 Å². The third-order valence-corrected chi connectivity index (χ3v) is 1.91. The van der Waals surface area contributed by atoms with E-state index >= 15 is 0 Å².